The Balaban J connectivity index is 1.97. The molecule has 6 heteroatoms. The standard InChI is InChI=1S/C13H16FN3OS/c1-8(2)11(15)12-16-17-13(18-12)19-7-9-4-3-5-10(14)6-9/h3-6,8,11H,7,15H2,1-2H3/p+1/t11-/m0/s1. The smallest absolute Gasteiger partial charge is 0.277 e. The van der Waals surface area contributed by atoms with E-state index in [1.807, 2.05) is 6.07 Å². The van der Waals surface area contributed by atoms with Crippen LogP contribution in [0.4, 0.5) is 4.39 Å². The summed E-state index contributed by atoms with van der Waals surface area (Å²) in [7, 11) is 0. The summed E-state index contributed by atoms with van der Waals surface area (Å²) in [6.45, 7) is 4.11. The Morgan fingerprint density at radius 3 is 2.84 bits per heavy atom. The Bertz CT molecular complexity index is 544. The molecule has 1 heterocycles. The van der Waals surface area contributed by atoms with Gasteiger partial charge < -0.3 is 10.2 Å². The fourth-order valence-electron chi connectivity index (χ4n) is 1.49. The number of nitrogens with zero attached hydrogens (tertiary/aromatic N) is 2. The van der Waals surface area contributed by atoms with Crippen molar-refractivity contribution in [2.24, 2.45) is 5.92 Å². The van der Waals surface area contributed by atoms with Crippen LogP contribution >= 0.6 is 11.8 Å². The Morgan fingerprint density at radius 2 is 2.16 bits per heavy atom. The van der Waals surface area contributed by atoms with Crippen LogP contribution in [0, 0.1) is 11.7 Å². The number of aromatic nitrogens is 2. The van der Waals surface area contributed by atoms with Gasteiger partial charge in [-0.2, -0.15) is 0 Å². The summed E-state index contributed by atoms with van der Waals surface area (Å²) in [6.07, 6.45) is 0. The van der Waals surface area contributed by atoms with Crippen LogP contribution in [0.15, 0.2) is 33.9 Å². The van der Waals surface area contributed by atoms with Crippen LogP contribution in [0.25, 0.3) is 0 Å². The maximum atomic E-state index is 13.0. The molecule has 3 N–H and O–H groups in total. The molecule has 0 aliphatic heterocycles. The van der Waals surface area contributed by atoms with Crippen molar-refractivity contribution in [3.63, 3.8) is 0 Å². The third-order valence-corrected chi connectivity index (χ3v) is 3.68. The number of quaternary nitrogens is 1. The van der Waals surface area contributed by atoms with Crippen LogP contribution in [-0.2, 0) is 5.75 Å². The summed E-state index contributed by atoms with van der Waals surface area (Å²) >= 11 is 1.40. The molecule has 1 aromatic heterocycles. The number of thioether (sulfide) groups is 1. The average molecular weight is 282 g/mol. The molecule has 0 amide bonds. The predicted octanol–water partition coefficient (Wildman–Crippen LogP) is 2.44. The van der Waals surface area contributed by atoms with Crippen LogP contribution in [0.5, 0.6) is 0 Å². The van der Waals surface area contributed by atoms with Gasteiger partial charge in [-0.1, -0.05) is 37.7 Å². The molecule has 2 aromatic rings. The molecule has 1 atom stereocenters. The Hall–Kier alpha value is -1.40. The SMILES string of the molecule is CC(C)[C@H]([NH3+])c1nnc(SCc2cccc(F)c2)o1. The van der Waals surface area contributed by atoms with E-state index in [4.69, 9.17) is 4.42 Å². The molecular weight excluding hydrogens is 265 g/mol. The van der Waals surface area contributed by atoms with Crippen LogP contribution < -0.4 is 5.73 Å². The molecule has 0 bridgehead atoms. The van der Waals surface area contributed by atoms with Crippen molar-refractivity contribution in [3.05, 3.63) is 41.5 Å². The Kier molecular flexibility index (Phi) is 4.55. The first-order chi connectivity index (χ1) is 9.06. The highest BCUT2D eigenvalue weighted by Crippen LogP contribution is 2.24. The van der Waals surface area contributed by atoms with Gasteiger partial charge >= 0.3 is 0 Å². The predicted molar refractivity (Wildman–Crippen MR) is 70.7 cm³/mol. The molecule has 0 spiro atoms. The lowest BCUT2D eigenvalue weighted by Crippen LogP contribution is -2.56. The second-order valence-corrected chi connectivity index (χ2v) is 5.60. The van der Waals surface area contributed by atoms with Crippen LogP contribution in [-0.4, -0.2) is 10.2 Å². The lowest BCUT2D eigenvalue weighted by Gasteiger charge is -2.05. The lowest BCUT2D eigenvalue weighted by atomic mass is 10.1. The van der Waals surface area contributed by atoms with Gasteiger partial charge in [-0.05, 0) is 17.7 Å². The number of rotatable bonds is 5. The van der Waals surface area contributed by atoms with Crippen molar-refractivity contribution in [1.29, 1.82) is 0 Å². The molecule has 1 aromatic carbocycles. The van der Waals surface area contributed by atoms with Crippen molar-refractivity contribution in [2.75, 3.05) is 0 Å². The summed E-state index contributed by atoms with van der Waals surface area (Å²) in [5, 5.41) is 8.46. The highest BCUT2D eigenvalue weighted by atomic mass is 32.2. The van der Waals surface area contributed by atoms with E-state index < -0.39 is 0 Å². The van der Waals surface area contributed by atoms with E-state index in [0.717, 1.165) is 5.56 Å². The van der Waals surface area contributed by atoms with Crippen molar-refractivity contribution >= 4 is 11.8 Å². The fraction of sp³-hybridized carbons (Fsp3) is 0.385. The normalized spacial score (nSPS) is 12.9. The topological polar surface area (TPSA) is 66.6 Å². The van der Waals surface area contributed by atoms with Gasteiger partial charge in [-0.3, -0.25) is 0 Å². The Labute approximate surface area is 115 Å². The van der Waals surface area contributed by atoms with Crippen LogP contribution in [0.1, 0.15) is 31.3 Å². The lowest BCUT2D eigenvalue weighted by molar-refractivity contribution is -0.443. The van der Waals surface area contributed by atoms with Gasteiger partial charge in [0.2, 0.25) is 0 Å². The summed E-state index contributed by atoms with van der Waals surface area (Å²) in [5.41, 5.74) is 4.88. The van der Waals surface area contributed by atoms with E-state index >= 15 is 0 Å². The molecule has 0 radical (unpaired) electrons. The van der Waals surface area contributed by atoms with Crippen molar-refractivity contribution in [1.82, 2.24) is 10.2 Å². The first kappa shape index (κ1) is 14.0. The average Bonchev–Trinajstić information content (AvgIpc) is 2.84. The molecular formula is C13H17FN3OS+. The minimum Gasteiger partial charge on any atom is -0.410 e. The van der Waals surface area contributed by atoms with Crippen molar-refractivity contribution < 1.29 is 14.5 Å². The molecule has 0 aliphatic rings. The second-order valence-electron chi connectivity index (χ2n) is 4.68. The fourth-order valence-corrected chi connectivity index (χ4v) is 2.20. The first-order valence-corrected chi connectivity index (χ1v) is 7.08. The molecule has 19 heavy (non-hydrogen) atoms. The molecule has 0 unspecified atom stereocenters. The van der Waals surface area contributed by atoms with Crippen molar-refractivity contribution in [2.45, 2.75) is 30.9 Å². The largest absolute Gasteiger partial charge is 0.410 e. The molecule has 0 saturated heterocycles. The number of benzene rings is 1. The molecule has 0 aliphatic carbocycles. The van der Waals surface area contributed by atoms with Gasteiger partial charge in [-0.15, -0.1) is 10.2 Å². The monoisotopic (exact) mass is 282 g/mol. The number of hydrogen-bond acceptors (Lipinski definition) is 4. The van der Waals surface area contributed by atoms with Crippen molar-refractivity contribution in [3.8, 4) is 0 Å². The minimum atomic E-state index is -0.234. The summed E-state index contributed by atoms with van der Waals surface area (Å²) in [6, 6.07) is 6.48. The second kappa shape index (κ2) is 6.16. The summed E-state index contributed by atoms with van der Waals surface area (Å²) in [4.78, 5) is 0. The highest BCUT2D eigenvalue weighted by molar-refractivity contribution is 7.98. The number of halogens is 1. The Morgan fingerprint density at radius 1 is 1.37 bits per heavy atom. The van der Waals surface area contributed by atoms with Gasteiger partial charge in [0.25, 0.3) is 11.1 Å². The van der Waals surface area contributed by atoms with E-state index in [-0.39, 0.29) is 11.9 Å². The van der Waals surface area contributed by atoms with Crippen LogP contribution in [0.3, 0.4) is 0 Å². The van der Waals surface area contributed by atoms with Gasteiger partial charge in [0.1, 0.15) is 5.82 Å². The third-order valence-electron chi connectivity index (χ3n) is 2.80. The van der Waals surface area contributed by atoms with E-state index in [0.29, 0.717) is 22.8 Å². The zero-order valence-electron chi connectivity index (χ0n) is 11.0. The summed E-state index contributed by atoms with van der Waals surface area (Å²) < 4.78 is 18.6. The first-order valence-electron chi connectivity index (χ1n) is 6.10. The van der Waals surface area contributed by atoms with E-state index in [1.165, 1.54) is 23.9 Å². The molecule has 0 saturated carbocycles. The van der Waals surface area contributed by atoms with E-state index in [2.05, 4.69) is 29.8 Å². The molecule has 2 rings (SSSR count). The maximum Gasteiger partial charge on any atom is 0.277 e. The zero-order valence-corrected chi connectivity index (χ0v) is 11.8. The third kappa shape index (κ3) is 3.78. The molecule has 4 nitrogen and oxygen atoms in total. The maximum absolute atomic E-state index is 13.0. The van der Waals surface area contributed by atoms with E-state index in [9.17, 15) is 4.39 Å². The van der Waals surface area contributed by atoms with Gasteiger partial charge in [0.05, 0.1) is 0 Å². The number of hydrogen-bond donors (Lipinski definition) is 1. The molecule has 102 valence electrons. The van der Waals surface area contributed by atoms with Gasteiger partial charge in [0, 0.05) is 11.7 Å². The van der Waals surface area contributed by atoms with Crippen LogP contribution in [0.2, 0.25) is 0 Å². The quantitative estimate of drug-likeness (QED) is 0.855. The van der Waals surface area contributed by atoms with E-state index in [1.54, 1.807) is 6.07 Å². The highest BCUT2D eigenvalue weighted by Gasteiger charge is 2.21. The molecule has 0 fully saturated rings. The summed E-state index contributed by atoms with van der Waals surface area (Å²) in [5.74, 6) is 1.27. The van der Waals surface area contributed by atoms with Gasteiger partial charge in [0.15, 0.2) is 6.04 Å². The minimum absolute atomic E-state index is 0.00369. The zero-order chi connectivity index (χ0) is 13.8. The van der Waals surface area contributed by atoms with Gasteiger partial charge in [-0.25, -0.2) is 4.39 Å².